The number of carbonyl (C=O) groups excluding carboxylic acids is 2. The molecule has 1 aromatic rings. The fourth-order valence-electron chi connectivity index (χ4n) is 2.94. The van der Waals surface area contributed by atoms with Crippen LogP contribution in [0.15, 0.2) is 30.3 Å². The topological polar surface area (TPSA) is 136 Å². The van der Waals surface area contributed by atoms with Crippen molar-refractivity contribution >= 4 is 17.8 Å². The monoisotopic (exact) mass is 363 g/mol. The van der Waals surface area contributed by atoms with Crippen molar-refractivity contribution in [2.75, 3.05) is 6.54 Å². The summed E-state index contributed by atoms with van der Waals surface area (Å²) in [6.07, 6.45) is 1.44. The smallest absolute Gasteiger partial charge is 0.326 e. The summed E-state index contributed by atoms with van der Waals surface area (Å²) < 4.78 is 5.15. The highest BCUT2D eigenvalue weighted by atomic mass is 16.5. The Labute approximate surface area is 152 Å². The molecule has 0 bridgehead atoms. The predicted molar refractivity (Wildman–Crippen MR) is 93.8 cm³/mol. The van der Waals surface area contributed by atoms with Crippen molar-refractivity contribution in [2.24, 2.45) is 11.5 Å². The fraction of sp³-hybridized carbons (Fsp3) is 0.500. The summed E-state index contributed by atoms with van der Waals surface area (Å²) in [5, 5.41) is 9.14. The van der Waals surface area contributed by atoms with Gasteiger partial charge in [-0.3, -0.25) is 9.59 Å². The van der Waals surface area contributed by atoms with Crippen molar-refractivity contribution < 1.29 is 24.2 Å². The van der Waals surface area contributed by atoms with Crippen LogP contribution >= 0.6 is 0 Å². The second-order valence-corrected chi connectivity index (χ2v) is 6.41. The van der Waals surface area contributed by atoms with Gasteiger partial charge in [0.2, 0.25) is 5.91 Å². The molecule has 0 saturated carbocycles. The molecular formula is C18H25N3O5. The number of carbonyl (C=O) groups is 3. The highest BCUT2D eigenvalue weighted by molar-refractivity contribution is 5.87. The van der Waals surface area contributed by atoms with E-state index in [1.165, 1.54) is 4.90 Å². The first-order valence-corrected chi connectivity index (χ1v) is 8.65. The van der Waals surface area contributed by atoms with Crippen LogP contribution in [0.2, 0.25) is 0 Å². The van der Waals surface area contributed by atoms with Gasteiger partial charge in [-0.05, 0) is 31.2 Å². The summed E-state index contributed by atoms with van der Waals surface area (Å²) in [5.74, 6) is -2.00. The number of nitrogens with two attached hydrogens (primary N) is 2. The molecule has 1 aliphatic rings. The predicted octanol–water partition coefficient (Wildman–Crippen LogP) is 0.240. The zero-order chi connectivity index (χ0) is 19.1. The molecule has 2 rings (SSSR count). The molecule has 0 aliphatic carbocycles. The highest BCUT2D eigenvalue weighted by Gasteiger charge is 2.36. The number of ether oxygens (including phenoxy) is 1. The van der Waals surface area contributed by atoms with Crippen molar-refractivity contribution in [1.29, 1.82) is 0 Å². The number of hydrogen-bond donors (Lipinski definition) is 3. The number of esters is 1. The molecule has 1 amide bonds. The lowest BCUT2D eigenvalue weighted by molar-refractivity contribution is -0.148. The Balaban J connectivity index is 1.76. The lowest BCUT2D eigenvalue weighted by atomic mass is 10.1. The van der Waals surface area contributed by atoms with Crippen molar-refractivity contribution in [3.8, 4) is 0 Å². The maximum atomic E-state index is 12.3. The van der Waals surface area contributed by atoms with E-state index in [4.69, 9.17) is 21.3 Å². The van der Waals surface area contributed by atoms with Crippen molar-refractivity contribution in [2.45, 2.75) is 50.4 Å². The van der Waals surface area contributed by atoms with Crippen LogP contribution in [0.4, 0.5) is 0 Å². The van der Waals surface area contributed by atoms with Gasteiger partial charge in [0.25, 0.3) is 0 Å². The van der Waals surface area contributed by atoms with E-state index in [-0.39, 0.29) is 19.4 Å². The molecule has 1 aromatic carbocycles. The minimum atomic E-state index is -1.02. The number of nitrogens with zero attached hydrogens (tertiary/aromatic N) is 1. The second-order valence-electron chi connectivity index (χ2n) is 6.41. The van der Waals surface area contributed by atoms with Gasteiger partial charge < -0.3 is 26.2 Å². The molecule has 142 valence electrons. The van der Waals surface area contributed by atoms with E-state index in [1.54, 1.807) is 0 Å². The first-order chi connectivity index (χ1) is 12.4. The van der Waals surface area contributed by atoms with Gasteiger partial charge in [0.1, 0.15) is 18.7 Å². The van der Waals surface area contributed by atoms with Gasteiger partial charge in [-0.25, -0.2) is 4.79 Å². The molecule has 1 heterocycles. The molecule has 0 radical (unpaired) electrons. The Hall–Kier alpha value is -2.45. The van der Waals surface area contributed by atoms with E-state index in [0.29, 0.717) is 19.4 Å². The maximum absolute atomic E-state index is 12.3. The minimum absolute atomic E-state index is 0.131. The molecule has 8 nitrogen and oxygen atoms in total. The molecule has 1 aliphatic heterocycles. The van der Waals surface area contributed by atoms with Gasteiger partial charge in [-0.1, -0.05) is 30.3 Å². The SMILES string of the molecule is NC(CC[C@H](N)C(=O)N1CCC[C@H]1C(=O)O)C(=O)OCc1ccccc1. The van der Waals surface area contributed by atoms with Gasteiger partial charge >= 0.3 is 11.9 Å². The summed E-state index contributed by atoms with van der Waals surface area (Å²) in [6, 6.07) is 6.63. The molecular weight excluding hydrogens is 338 g/mol. The van der Waals surface area contributed by atoms with Gasteiger partial charge in [0, 0.05) is 6.54 Å². The molecule has 26 heavy (non-hydrogen) atoms. The Morgan fingerprint density at radius 1 is 1.15 bits per heavy atom. The average Bonchev–Trinajstić information content (AvgIpc) is 3.14. The lowest BCUT2D eigenvalue weighted by Crippen LogP contribution is -2.49. The number of carboxylic acid groups (broad SMARTS) is 1. The van der Waals surface area contributed by atoms with Crippen molar-refractivity contribution in [1.82, 2.24) is 4.90 Å². The Morgan fingerprint density at radius 2 is 1.81 bits per heavy atom. The Bertz CT molecular complexity index is 637. The number of carboxylic acids is 1. The number of hydrogen-bond acceptors (Lipinski definition) is 6. The lowest BCUT2D eigenvalue weighted by Gasteiger charge is -2.25. The van der Waals surface area contributed by atoms with Gasteiger partial charge in [0.15, 0.2) is 0 Å². The van der Waals surface area contributed by atoms with Crippen molar-refractivity contribution in [3.05, 3.63) is 35.9 Å². The van der Waals surface area contributed by atoms with Crippen LogP contribution in [0.5, 0.6) is 0 Å². The van der Waals surface area contributed by atoms with Gasteiger partial charge in [-0.15, -0.1) is 0 Å². The third kappa shape index (κ3) is 5.27. The molecule has 0 spiro atoms. The zero-order valence-corrected chi connectivity index (χ0v) is 14.5. The number of amides is 1. The van der Waals surface area contributed by atoms with E-state index < -0.39 is 36.0 Å². The molecule has 1 fully saturated rings. The standard InChI is InChI=1S/C18H25N3O5/c19-13(16(22)21-10-4-7-15(21)17(23)24)8-9-14(20)18(25)26-11-12-5-2-1-3-6-12/h1-3,5-6,13-15H,4,7-11,19-20H2,(H,23,24)/t13-,14?,15-/m0/s1. The Morgan fingerprint density at radius 3 is 2.46 bits per heavy atom. The van der Waals surface area contributed by atoms with E-state index in [2.05, 4.69) is 0 Å². The normalized spacial score (nSPS) is 19.0. The van der Waals surface area contributed by atoms with E-state index in [0.717, 1.165) is 5.56 Å². The molecule has 1 saturated heterocycles. The molecule has 0 aromatic heterocycles. The van der Waals surface area contributed by atoms with Gasteiger partial charge in [-0.2, -0.15) is 0 Å². The van der Waals surface area contributed by atoms with Gasteiger partial charge in [0.05, 0.1) is 6.04 Å². The number of aliphatic carboxylic acids is 1. The third-order valence-corrected chi connectivity index (χ3v) is 4.45. The molecule has 1 unspecified atom stereocenters. The van der Waals surface area contributed by atoms with E-state index >= 15 is 0 Å². The van der Waals surface area contributed by atoms with Crippen LogP contribution in [-0.2, 0) is 25.7 Å². The number of benzene rings is 1. The van der Waals surface area contributed by atoms with E-state index in [9.17, 15) is 14.4 Å². The minimum Gasteiger partial charge on any atom is -0.480 e. The summed E-state index contributed by atoms with van der Waals surface area (Å²) >= 11 is 0. The average molecular weight is 363 g/mol. The summed E-state index contributed by atoms with van der Waals surface area (Å²) in [4.78, 5) is 36.7. The summed E-state index contributed by atoms with van der Waals surface area (Å²) in [5.41, 5.74) is 12.5. The molecule has 3 atom stereocenters. The molecule has 5 N–H and O–H groups in total. The summed E-state index contributed by atoms with van der Waals surface area (Å²) in [7, 11) is 0. The number of likely N-dealkylation sites (tertiary alicyclic amines) is 1. The summed E-state index contributed by atoms with van der Waals surface area (Å²) in [6.45, 7) is 0.515. The van der Waals surface area contributed by atoms with Crippen LogP contribution in [0, 0.1) is 0 Å². The first kappa shape index (κ1) is 19.9. The van der Waals surface area contributed by atoms with Crippen LogP contribution in [0.3, 0.4) is 0 Å². The van der Waals surface area contributed by atoms with E-state index in [1.807, 2.05) is 30.3 Å². The van der Waals surface area contributed by atoms with Crippen LogP contribution < -0.4 is 11.5 Å². The molecule has 8 heteroatoms. The highest BCUT2D eigenvalue weighted by Crippen LogP contribution is 2.19. The number of rotatable bonds is 8. The van der Waals surface area contributed by atoms with Crippen molar-refractivity contribution in [3.63, 3.8) is 0 Å². The second kappa shape index (κ2) is 9.30. The Kier molecular flexibility index (Phi) is 7.11. The third-order valence-electron chi connectivity index (χ3n) is 4.45. The maximum Gasteiger partial charge on any atom is 0.326 e. The zero-order valence-electron chi connectivity index (χ0n) is 14.5. The fourth-order valence-corrected chi connectivity index (χ4v) is 2.94. The quantitative estimate of drug-likeness (QED) is 0.563. The van der Waals surface area contributed by atoms with Crippen LogP contribution in [0.25, 0.3) is 0 Å². The first-order valence-electron chi connectivity index (χ1n) is 8.65. The van der Waals surface area contributed by atoms with Crippen LogP contribution in [-0.4, -0.2) is 52.5 Å². The largest absolute Gasteiger partial charge is 0.480 e. The van der Waals surface area contributed by atoms with Crippen LogP contribution in [0.1, 0.15) is 31.2 Å².